The van der Waals surface area contributed by atoms with Crippen molar-refractivity contribution in [2.24, 2.45) is 0 Å². The summed E-state index contributed by atoms with van der Waals surface area (Å²) in [6.07, 6.45) is 10.2. The fraction of sp³-hybridized carbons (Fsp3) is 0.550. The molecule has 4 nitrogen and oxygen atoms in total. The summed E-state index contributed by atoms with van der Waals surface area (Å²) >= 11 is 0. The van der Waals surface area contributed by atoms with Crippen LogP contribution >= 0.6 is 0 Å². The summed E-state index contributed by atoms with van der Waals surface area (Å²) in [4.78, 5) is 15.6. The monoisotopic (exact) mass is 327 g/mol. The lowest BCUT2D eigenvalue weighted by Gasteiger charge is -2.50. The molecule has 130 valence electrons. The Labute approximate surface area is 146 Å². The predicted octanol–water partition coefficient (Wildman–Crippen LogP) is 2.07. The Morgan fingerprint density at radius 1 is 1.17 bits per heavy atom. The van der Waals surface area contributed by atoms with Crippen molar-refractivity contribution in [3.05, 3.63) is 35.9 Å². The third-order valence-electron chi connectivity index (χ3n) is 5.50. The highest BCUT2D eigenvalue weighted by atomic mass is 16.1. The fourth-order valence-corrected chi connectivity index (χ4v) is 4.09. The maximum Gasteiger partial charge on any atom is 0.207 e. The summed E-state index contributed by atoms with van der Waals surface area (Å²) in [7, 11) is 6.31. The second-order valence-electron chi connectivity index (χ2n) is 7.21. The number of hydrogen-bond donors (Lipinski definition) is 1. The standard InChI is InChI=1S/C20H29N3O/c1-5-15-23(4)16-19(21-17-24)11-13-20(14-12-19,22(2)3)18-9-7-6-8-10-18/h1,6-10,17H,11-16H2,2-4H3,(H,21,24). The van der Waals surface area contributed by atoms with Crippen LogP contribution in [0.3, 0.4) is 0 Å². The van der Waals surface area contributed by atoms with Gasteiger partial charge in [0.2, 0.25) is 6.41 Å². The van der Waals surface area contributed by atoms with Crippen molar-refractivity contribution in [3.63, 3.8) is 0 Å². The smallest absolute Gasteiger partial charge is 0.207 e. The van der Waals surface area contributed by atoms with Crippen LogP contribution in [-0.2, 0) is 10.3 Å². The van der Waals surface area contributed by atoms with E-state index < -0.39 is 0 Å². The van der Waals surface area contributed by atoms with Gasteiger partial charge in [0.05, 0.1) is 12.1 Å². The number of amides is 1. The molecule has 0 bridgehead atoms. The Bertz CT molecular complexity index is 568. The summed E-state index contributed by atoms with van der Waals surface area (Å²) in [5, 5.41) is 3.11. The minimum Gasteiger partial charge on any atom is -0.352 e. The summed E-state index contributed by atoms with van der Waals surface area (Å²) in [5.41, 5.74) is 1.19. The second kappa shape index (κ2) is 7.83. The molecule has 4 heteroatoms. The molecule has 0 unspecified atom stereocenters. The van der Waals surface area contributed by atoms with Crippen LogP contribution in [0.15, 0.2) is 30.3 Å². The van der Waals surface area contributed by atoms with Crippen molar-refractivity contribution in [1.82, 2.24) is 15.1 Å². The number of rotatable bonds is 7. The van der Waals surface area contributed by atoms with Gasteiger partial charge in [-0.25, -0.2) is 0 Å². The van der Waals surface area contributed by atoms with Gasteiger partial charge < -0.3 is 5.32 Å². The maximum absolute atomic E-state index is 11.2. The van der Waals surface area contributed by atoms with E-state index in [-0.39, 0.29) is 11.1 Å². The fourth-order valence-electron chi connectivity index (χ4n) is 4.09. The van der Waals surface area contributed by atoms with Gasteiger partial charge in [-0.3, -0.25) is 14.6 Å². The molecule has 1 fully saturated rings. The molecular weight excluding hydrogens is 298 g/mol. The number of nitrogens with one attached hydrogen (secondary N) is 1. The quantitative estimate of drug-likeness (QED) is 0.615. The summed E-state index contributed by atoms with van der Waals surface area (Å²) in [6.45, 7) is 1.38. The molecule has 0 heterocycles. The Morgan fingerprint density at radius 3 is 2.29 bits per heavy atom. The van der Waals surface area contributed by atoms with Gasteiger partial charge in [0.25, 0.3) is 0 Å². The lowest BCUT2D eigenvalue weighted by Crippen LogP contribution is -2.58. The molecule has 1 aliphatic carbocycles. The largest absolute Gasteiger partial charge is 0.352 e. The first kappa shape index (κ1) is 18.5. The highest BCUT2D eigenvalue weighted by Gasteiger charge is 2.45. The van der Waals surface area contributed by atoms with E-state index in [4.69, 9.17) is 6.42 Å². The average molecular weight is 327 g/mol. The molecule has 2 rings (SSSR count). The van der Waals surface area contributed by atoms with Crippen molar-refractivity contribution in [2.45, 2.75) is 36.8 Å². The Morgan fingerprint density at radius 2 is 1.79 bits per heavy atom. The topological polar surface area (TPSA) is 35.6 Å². The van der Waals surface area contributed by atoms with Gasteiger partial charge in [0, 0.05) is 12.1 Å². The van der Waals surface area contributed by atoms with E-state index in [1.807, 2.05) is 7.05 Å². The number of likely N-dealkylation sites (N-methyl/N-ethyl adjacent to an activating group) is 1. The van der Waals surface area contributed by atoms with E-state index in [1.165, 1.54) is 5.56 Å². The molecule has 1 saturated carbocycles. The van der Waals surface area contributed by atoms with Crippen LogP contribution in [0, 0.1) is 12.3 Å². The van der Waals surface area contributed by atoms with E-state index in [2.05, 4.69) is 65.5 Å². The van der Waals surface area contributed by atoms with Gasteiger partial charge in [-0.05, 0) is 52.4 Å². The molecule has 1 aliphatic rings. The van der Waals surface area contributed by atoms with Crippen LogP contribution in [0.5, 0.6) is 0 Å². The summed E-state index contributed by atoms with van der Waals surface area (Å²) in [5.74, 6) is 2.68. The van der Waals surface area contributed by atoms with E-state index in [9.17, 15) is 4.79 Å². The first-order valence-corrected chi connectivity index (χ1v) is 8.54. The van der Waals surface area contributed by atoms with Gasteiger partial charge >= 0.3 is 0 Å². The molecule has 24 heavy (non-hydrogen) atoms. The number of hydrogen-bond acceptors (Lipinski definition) is 3. The first-order chi connectivity index (χ1) is 11.5. The van der Waals surface area contributed by atoms with Gasteiger partial charge in [-0.15, -0.1) is 6.42 Å². The molecule has 0 saturated heterocycles. The second-order valence-corrected chi connectivity index (χ2v) is 7.21. The summed E-state index contributed by atoms with van der Waals surface area (Å²) in [6, 6.07) is 10.7. The highest BCUT2D eigenvalue weighted by molar-refractivity contribution is 5.48. The number of nitrogens with zero attached hydrogens (tertiary/aromatic N) is 2. The van der Waals surface area contributed by atoms with Crippen LogP contribution in [0.1, 0.15) is 31.2 Å². The first-order valence-electron chi connectivity index (χ1n) is 8.54. The van der Waals surface area contributed by atoms with Crippen LogP contribution in [0.4, 0.5) is 0 Å². The van der Waals surface area contributed by atoms with Gasteiger partial charge in [-0.2, -0.15) is 0 Å². The van der Waals surface area contributed by atoms with Crippen molar-refractivity contribution < 1.29 is 4.79 Å². The number of terminal acetylenes is 1. The Balaban J connectivity index is 2.21. The lowest BCUT2D eigenvalue weighted by molar-refractivity contribution is -0.112. The molecule has 1 amide bonds. The average Bonchev–Trinajstić information content (AvgIpc) is 2.57. The van der Waals surface area contributed by atoms with Gasteiger partial charge in [-0.1, -0.05) is 36.3 Å². The zero-order valence-electron chi connectivity index (χ0n) is 15.1. The summed E-state index contributed by atoms with van der Waals surface area (Å²) < 4.78 is 0. The van der Waals surface area contributed by atoms with Crippen LogP contribution in [0.25, 0.3) is 0 Å². The SMILES string of the molecule is C#CCN(C)CC1(NC=O)CCC(c2ccccc2)(N(C)C)CC1. The van der Waals surface area contributed by atoms with E-state index >= 15 is 0 Å². The molecule has 0 spiro atoms. The van der Waals surface area contributed by atoms with Gasteiger partial charge in [0.15, 0.2) is 0 Å². The van der Waals surface area contributed by atoms with Crippen molar-refractivity contribution in [3.8, 4) is 12.3 Å². The molecule has 1 aromatic carbocycles. The third-order valence-corrected chi connectivity index (χ3v) is 5.50. The van der Waals surface area contributed by atoms with Crippen LogP contribution in [-0.4, -0.2) is 56.0 Å². The lowest BCUT2D eigenvalue weighted by atomic mass is 9.68. The molecule has 0 atom stereocenters. The third kappa shape index (κ3) is 3.80. The molecule has 0 radical (unpaired) electrons. The van der Waals surface area contributed by atoms with Crippen molar-refractivity contribution in [2.75, 3.05) is 34.2 Å². The maximum atomic E-state index is 11.2. The minimum atomic E-state index is -0.193. The van der Waals surface area contributed by atoms with Crippen LogP contribution < -0.4 is 5.32 Å². The van der Waals surface area contributed by atoms with Gasteiger partial charge in [0.1, 0.15) is 0 Å². The Kier molecular flexibility index (Phi) is 6.04. The van der Waals surface area contributed by atoms with Crippen molar-refractivity contribution in [1.29, 1.82) is 0 Å². The van der Waals surface area contributed by atoms with Crippen LogP contribution in [0.2, 0.25) is 0 Å². The van der Waals surface area contributed by atoms with Crippen molar-refractivity contribution >= 4 is 6.41 Å². The molecule has 0 aromatic heterocycles. The van der Waals surface area contributed by atoms with E-state index in [0.29, 0.717) is 6.54 Å². The predicted molar refractivity (Wildman–Crippen MR) is 98.5 cm³/mol. The molecule has 1 N–H and O–H groups in total. The minimum absolute atomic E-state index is 0.0278. The molecule has 1 aromatic rings. The number of carbonyl (C=O) groups is 1. The zero-order valence-corrected chi connectivity index (χ0v) is 15.1. The zero-order chi connectivity index (χ0) is 17.6. The van der Waals surface area contributed by atoms with E-state index in [0.717, 1.165) is 38.6 Å². The Hall–Kier alpha value is -1.83. The number of benzene rings is 1. The molecule has 0 aliphatic heterocycles. The normalized spacial score (nSPS) is 27.0. The van der Waals surface area contributed by atoms with E-state index in [1.54, 1.807) is 0 Å². The highest BCUT2D eigenvalue weighted by Crippen LogP contribution is 2.44. The number of carbonyl (C=O) groups excluding carboxylic acids is 1. The molecular formula is C20H29N3O.